The molecule has 0 aliphatic heterocycles. The van der Waals surface area contributed by atoms with E-state index in [1.165, 1.54) is 13.8 Å². The molecule has 1 aromatic rings. The summed E-state index contributed by atoms with van der Waals surface area (Å²) in [7, 11) is 0. The van der Waals surface area contributed by atoms with Gasteiger partial charge in [0.15, 0.2) is 0 Å². The normalized spacial score (nSPS) is 15.0. The van der Waals surface area contributed by atoms with Crippen molar-refractivity contribution in [1.82, 2.24) is 5.32 Å². The molecule has 0 aromatic heterocycles. The Hall–Kier alpha value is -1.88. The van der Waals surface area contributed by atoms with Gasteiger partial charge in [-0.05, 0) is 25.8 Å². The van der Waals surface area contributed by atoms with E-state index in [1.807, 2.05) is 30.3 Å². The molecule has 1 amide bonds. The summed E-state index contributed by atoms with van der Waals surface area (Å²) in [6.45, 7) is 4.78. The number of carbonyl (C=O) groups excluding carboxylic acids is 2. The van der Waals surface area contributed by atoms with Gasteiger partial charge < -0.3 is 15.2 Å². The van der Waals surface area contributed by atoms with Gasteiger partial charge in [-0.25, -0.2) is 4.79 Å². The molecular weight excluding hydrogens is 258 g/mol. The van der Waals surface area contributed by atoms with Gasteiger partial charge in [0.25, 0.3) is 5.91 Å². The zero-order chi connectivity index (χ0) is 15.2. The number of ether oxygens (including phenoxy) is 1. The van der Waals surface area contributed by atoms with Crippen molar-refractivity contribution < 1.29 is 19.4 Å². The van der Waals surface area contributed by atoms with E-state index in [1.54, 1.807) is 6.92 Å². The Morgan fingerprint density at radius 3 is 2.50 bits per heavy atom. The average molecular weight is 279 g/mol. The molecule has 0 saturated carbocycles. The molecule has 0 aliphatic carbocycles. The fourth-order valence-electron chi connectivity index (χ4n) is 1.43. The van der Waals surface area contributed by atoms with E-state index in [0.29, 0.717) is 0 Å². The molecule has 1 aromatic carbocycles. The molecule has 5 nitrogen and oxygen atoms in total. The van der Waals surface area contributed by atoms with Crippen molar-refractivity contribution in [3.8, 4) is 0 Å². The van der Waals surface area contributed by atoms with Crippen molar-refractivity contribution in [2.24, 2.45) is 0 Å². The van der Waals surface area contributed by atoms with Gasteiger partial charge in [0.05, 0.1) is 0 Å². The lowest BCUT2D eigenvalue weighted by atomic mass is 10.0. The van der Waals surface area contributed by atoms with E-state index < -0.39 is 23.5 Å². The highest BCUT2D eigenvalue weighted by atomic mass is 16.5. The Bertz CT molecular complexity index is 456. The maximum absolute atomic E-state index is 11.7. The minimum atomic E-state index is -1.48. The van der Waals surface area contributed by atoms with Gasteiger partial charge in [-0.1, -0.05) is 37.3 Å². The van der Waals surface area contributed by atoms with Gasteiger partial charge in [-0.15, -0.1) is 0 Å². The highest BCUT2D eigenvalue weighted by Gasteiger charge is 2.30. The van der Waals surface area contributed by atoms with Gasteiger partial charge in [-0.3, -0.25) is 4.79 Å². The number of hydrogen-bond donors (Lipinski definition) is 2. The number of rotatable bonds is 6. The minimum Gasteiger partial charge on any atom is -0.459 e. The number of esters is 1. The second-order valence-corrected chi connectivity index (χ2v) is 4.92. The van der Waals surface area contributed by atoms with E-state index in [0.717, 1.165) is 5.56 Å². The Balaban J connectivity index is 2.46. The molecule has 110 valence electrons. The number of benzene rings is 1. The Morgan fingerprint density at radius 1 is 1.35 bits per heavy atom. The van der Waals surface area contributed by atoms with Crippen molar-refractivity contribution in [3.05, 3.63) is 35.9 Å². The van der Waals surface area contributed by atoms with Gasteiger partial charge >= 0.3 is 5.97 Å². The van der Waals surface area contributed by atoms with Crippen LogP contribution in [0.4, 0.5) is 0 Å². The van der Waals surface area contributed by atoms with Crippen LogP contribution < -0.4 is 5.32 Å². The molecule has 0 radical (unpaired) electrons. The average Bonchev–Trinajstić information content (AvgIpc) is 2.45. The molecule has 2 N–H and O–H groups in total. The Labute approximate surface area is 118 Å². The first-order valence-corrected chi connectivity index (χ1v) is 6.60. The van der Waals surface area contributed by atoms with Gasteiger partial charge in [-0.2, -0.15) is 0 Å². The van der Waals surface area contributed by atoms with Gasteiger partial charge in [0.1, 0.15) is 18.2 Å². The SMILES string of the molecule is CCC(C)(O)C(=O)N[C@H](C)C(=O)OCc1ccccc1. The Kier molecular flexibility index (Phi) is 5.70. The number of carbonyl (C=O) groups is 2. The van der Waals surface area contributed by atoms with Crippen molar-refractivity contribution in [2.45, 2.75) is 45.4 Å². The molecule has 20 heavy (non-hydrogen) atoms. The van der Waals surface area contributed by atoms with Crippen molar-refractivity contribution in [2.75, 3.05) is 0 Å². The van der Waals surface area contributed by atoms with Crippen molar-refractivity contribution in [3.63, 3.8) is 0 Å². The predicted octanol–water partition coefficient (Wildman–Crippen LogP) is 1.40. The standard InChI is InChI=1S/C15H21NO4/c1-4-15(3,19)14(18)16-11(2)13(17)20-10-12-8-6-5-7-9-12/h5-9,11,19H,4,10H2,1-3H3,(H,16,18)/t11-,15?/m1/s1. The molecular formula is C15H21NO4. The van der Waals surface area contributed by atoms with Crippen molar-refractivity contribution >= 4 is 11.9 Å². The lowest BCUT2D eigenvalue weighted by Crippen LogP contribution is -2.50. The quantitative estimate of drug-likeness (QED) is 0.772. The summed E-state index contributed by atoms with van der Waals surface area (Å²) in [6, 6.07) is 8.47. The Morgan fingerprint density at radius 2 is 1.95 bits per heavy atom. The predicted molar refractivity (Wildman–Crippen MR) is 74.8 cm³/mol. The second kappa shape index (κ2) is 7.05. The summed E-state index contributed by atoms with van der Waals surface area (Å²) in [5.74, 6) is -1.11. The van der Waals surface area contributed by atoms with E-state index in [9.17, 15) is 14.7 Å². The van der Waals surface area contributed by atoms with Crippen molar-refractivity contribution in [1.29, 1.82) is 0 Å². The fourth-order valence-corrected chi connectivity index (χ4v) is 1.43. The summed E-state index contributed by atoms with van der Waals surface area (Å²) < 4.78 is 5.10. The van der Waals surface area contributed by atoms with E-state index in [-0.39, 0.29) is 13.0 Å². The molecule has 1 rings (SSSR count). The summed E-state index contributed by atoms with van der Waals surface area (Å²) >= 11 is 0. The molecule has 1 unspecified atom stereocenters. The van der Waals surface area contributed by atoms with Crippen LogP contribution in [0.1, 0.15) is 32.8 Å². The minimum absolute atomic E-state index is 0.157. The molecule has 0 spiro atoms. The van der Waals surface area contributed by atoms with Gasteiger partial charge in [0, 0.05) is 0 Å². The molecule has 2 atom stereocenters. The lowest BCUT2D eigenvalue weighted by Gasteiger charge is -2.22. The highest BCUT2D eigenvalue weighted by Crippen LogP contribution is 2.09. The van der Waals surface area contributed by atoms with Crippen LogP contribution in [0.15, 0.2) is 30.3 Å². The zero-order valence-electron chi connectivity index (χ0n) is 12.1. The third-order valence-electron chi connectivity index (χ3n) is 3.10. The summed E-state index contributed by atoms with van der Waals surface area (Å²) in [6.07, 6.45) is 0.268. The topological polar surface area (TPSA) is 75.6 Å². The number of nitrogens with one attached hydrogen (secondary N) is 1. The molecule has 0 heterocycles. The maximum atomic E-state index is 11.7. The first kappa shape index (κ1) is 16.2. The zero-order valence-corrected chi connectivity index (χ0v) is 12.1. The van der Waals surface area contributed by atoms with Crippen LogP contribution in [0.2, 0.25) is 0 Å². The number of aliphatic hydroxyl groups is 1. The molecule has 0 bridgehead atoms. The van der Waals surface area contributed by atoms with Crippen LogP contribution in [0.3, 0.4) is 0 Å². The number of amides is 1. The van der Waals surface area contributed by atoms with Crippen LogP contribution in [0.25, 0.3) is 0 Å². The van der Waals surface area contributed by atoms with Crippen LogP contribution >= 0.6 is 0 Å². The van der Waals surface area contributed by atoms with Gasteiger partial charge in [0.2, 0.25) is 0 Å². The molecule has 0 fully saturated rings. The molecule has 0 saturated heterocycles. The summed E-state index contributed by atoms with van der Waals surface area (Å²) in [5.41, 5.74) is -0.603. The smallest absolute Gasteiger partial charge is 0.328 e. The third kappa shape index (κ3) is 4.66. The second-order valence-electron chi connectivity index (χ2n) is 4.92. The fraction of sp³-hybridized carbons (Fsp3) is 0.467. The first-order chi connectivity index (χ1) is 9.36. The largest absolute Gasteiger partial charge is 0.459 e. The highest BCUT2D eigenvalue weighted by molar-refractivity contribution is 5.89. The lowest BCUT2D eigenvalue weighted by molar-refractivity contribution is -0.151. The van der Waals surface area contributed by atoms with E-state index in [2.05, 4.69) is 5.32 Å². The first-order valence-electron chi connectivity index (χ1n) is 6.60. The molecule has 5 heteroatoms. The van der Waals surface area contributed by atoms with Crippen LogP contribution in [0, 0.1) is 0 Å². The summed E-state index contributed by atoms with van der Waals surface area (Å²) in [4.78, 5) is 23.5. The van der Waals surface area contributed by atoms with Crippen LogP contribution in [-0.2, 0) is 20.9 Å². The monoisotopic (exact) mass is 279 g/mol. The number of hydrogen-bond acceptors (Lipinski definition) is 4. The van der Waals surface area contributed by atoms with E-state index in [4.69, 9.17) is 4.74 Å². The van der Waals surface area contributed by atoms with Crippen LogP contribution in [-0.4, -0.2) is 28.6 Å². The molecule has 0 aliphatic rings. The van der Waals surface area contributed by atoms with Crippen LogP contribution in [0.5, 0.6) is 0 Å². The summed E-state index contributed by atoms with van der Waals surface area (Å²) in [5, 5.41) is 12.2. The third-order valence-corrected chi connectivity index (χ3v) is 3.10. The maximum Gasteiger partial charge on any atom is 0.328 e. The van der Waals surface area contributed by atoms with E-state index >= 15 is 0 Å².